The number of ether oxygens (including phenoxy) is 1. The van der Waals surface area contributed by atoms with Gasteiger partial charge >= 0.3 is 5.97 Å². The first-order chi connectivity index (χ1) is 12.1. The molecule has 0 saturated heterocycles. The number of carbonyl (C=O) groups is 1. The van der Waals surface area contributed by atoms with Crippen molar-refractivity contribution < 1.29 is 13.9 Å². The Morgan fingerprint density at radius 1 is 0.920 bits per heavy atom. The molecule has 0 heterocycles. The molecule has 0 atom stereocenters. The summed E-state index contributed by atoms with van der Waals surface area (Å²) >= 11 is 3.33. The lowest BCUT2D eigenvalue weighted by Gasteiger charge is -2.04. The quantitative estimate of drug-likeness (QED) is 0.328. The number of halogens is 2. The summed E-state index contributed by atoms with van der Waals surface area (Å²) in [5.74, 6) is -0.242. The van der Waals surface area contributed by atoms with Gasteiger partial charge in [0.05, 0.1) is 11.3 Å². The van der Waals surface area contributed by atoms with E-state index in [0.29, 0.717) is 17.0 Å². The van der Waals surface area contributed by atoms with Crippen molar-refractivity contribution in [1.82, 2.24) is 0 Å². The highest BCUT2D eigenvalue weighted by molar-refractivity contribution is 9.10. The Balaban J connectivity index is 1.66. The van der Waals surface area contributed by atoms with Gasteiger partial charge in [0.25, 0.3) is 0 Å². The average molecular weight is 398 g/mol. The number of benzene rings is 3. The fourth-order valence-corrected chi connectivity index (χ4v) is 2.31. The van der Waals surface area contributed by atoms with Gasteiger partial charge in [0, 0.05) is 10.7 Å². The van der Waals surface area contributed by atoms with E-state index in [1.165, 1.54) is 12.1 Å². The number of hydrogen-bond donors (Lipinski definition) is 0. The van der Waals surface area contributed by atoms with Gasteiger partial charge in [0.2, 0.25) is 0 Å². The molecule has 0 radical (unpaired) electrons. The monoisotopic (exact) mass is 397 g/mol. The van der Waals surface area contributed by atoms with E-state index in [1.807, 2.05) is 0 Å². The molecule has 25 heavy (non-hydrogen) atoms. The number of carbonyl (C=O) groups excluding carboxylic acids is 1. The van der Waals surface area contributed by atoms with Gasteiger partial charge < -0.3 is 4.74 Å². The van der Waals surface area contributed by atoms with Gasteiger partial charge in [-0.15, -0.1) is 0 Å². The van der Waals surface area contributed by atoms with Gasteiger partial charge in [0.15, 0.2) is 0 Å². The number of hydrogen-bond acceptors (Lipinski definition) is 3. The minimum absolute atomic E-state index is 0.286. The van der Waals surface area contributed by atoms with Crippen molar-refractivity contribution in [3.63, 3.8) is 0 Å². The first kappa shape index (κ1) is 17.0. The third-order valence-corrected chi connectivity index (χ3v) is 3.89. The van der Waals surface area contributed by atoms with E-state index in [2.05, 4.69) is 20.9 Å². The van der Waals surface area contributed by atoms with Crippen LogP contribution in [0, 0.1) is 5.82 Å². The van der Waals surface area contributed by atoms with Gasteiger partial charge in [-0.1, -0.05) is 28.1 Å². The lowest BCUT2D eigenvalue weighted by Crippen LogP contribution is -2.07. The SMILES string of the molecule is O=C(Oc1ccc(Br)cc1)c1ccc(N=Cc2ccc(F)cc2)cc1. The van der Waals surface area contributed by atoms with E-state index in [9.17, 15) is 9.18 Å². The maximum atomic E-state index is 12.9. The lowest BCUT2D eigenvalue weighted by molar-refractivity contribution is 0.0735. The van der Waals surface area contributed by atoms with Crippen molar-refractivity contribution in [2.75, 3.05) is 0 Å². The smallest absolute Gasteiger partial charge is 0.343 e. The molecule has 0 unspecified atom stereocenters. The van der Waals surface area contributed by atoms with E-state index in [4.69, 9.17) is 4.74 Å². The van der Waals surface area contributed by atoms with Crippen molar-refractivity contribution in [2.24, 2.45) is 4.99 Å². The van der Waals surface area contributed by atoms with E-state index in [0.717, 1.165) is 10.0 Å². The van der Waals surface area contributed by atoms with Crippen LogP contribution in [0.25, 0.3) is 0 Å². The molecule has 3 rings (SSSR count). The fourth-order valence-electron chi connectivity index (χ4n) is 2.05. The molecule has 0 aliphatic carbocycles. The molecular weight excluding hydrogens is 385 g/mol. The van der Waals surface area contributed by atoms with Crippen LogP contribution in [0.4, 0.5) is 10.1 Å². The second kappa shape index (κ2) is 7.85. The second-order valence-corrected chi connectivity index (χ2v) is 6.12. The maximum absolute atomic E-state index is 12.9. The summed E-state index contributed by atoms with van der Waals surface area (Å²) < 4.78 is 19.1. The zero-order chi connectivity index (χ0) is 17.6. The van der Waals surface area contributed by atoms with E-state index in [1.54, 1.807) is 66.9 Å². The molecule has 5 heteroatoms. The van der Waals surface area contributed by atoms with Gasteiger partial charge in [-0.3, -0.25) is 4.99 Å². The standard InChI is InChI=1S/C20H13BrFNO2/c21-16-5-11-19(12-6-16)25-20(24)15-3-9-18(10-4-15)23-13-14-1-7-17(22)8-2-14/h1-13H. The summed E-state index contributed by atoms with van der Waals surface area (Å²) in [6, 6.07) is 19.8. The molecule has 124 valence electrons. The van der Waals surface area contributed by atoms with Crippen LogP contribution < -0.4 is 4.74 Å². The predicted molar refractivity (Wildman–Crippen MR) is 99.2 cm³/mol. The zero-order valence-corrected chi connectivity index (χ0v) is 14.6. The molecule has 3 aromatic carbocycles. The Morgan fingerprint density at radius 2 is 1.56 bits per heavy atom. The van der Waals surface area contributed by atoms with Crippen LogP contribution in [-0.4, -0.2) is 12.2 Å². The van der Waals surface area contributed by atoms with Crippen LogP contribution in [0.1, 0.15) is 15.9 Å². The van der Waals surface area contributed by atoms with Crippen molar-refractivity contribution in [3.05, 3.63) is 94.2 Å². The van der Waals surface area contributed by atoms with Crippen molar-refractivity contribution >= 4 is 33.8 Å². The lowest BCUT2D eigenvalue weighted by atomic mass is 10.2. The van der Waals surface area contributed by atoms with Gasteiger partial charge in [-0.2, -0.15) is 0 Å². The number of nitrogens with zero attached hydrogens (tertiary/aromatic N) is 1. The van der Waals surface area contributed by atoms with Crippen molar-refractivity contribution in [3.8, 4) is 5.75 Å². The van der Waals surface area contributed by atoms with Crippen LogP contribution in [0.2, 0.25) is 0 Å². The van der Waals surface area contributed by atoms with Crippen LogP contribution in [0.3, 0.4) is 0 Å². The normalized spacial score (nSPS) is 10.8. The molecule has 0 bridgehead atoms. The largest absolute Gasteiger partial charge is 0.423 e. The van der Waals surface area contributed by atoms with Crippen LogP contribution in [0.15, 0.2) is 82.3 Å². The van der Waals surface area contributed by atoms with E-state index >= 15 is 0 Å². The van der Waals surface area contributed by atoms with E-state index in [-0.39, 0.29) is 5.82 Å². The highest BCUT2D eigenvalue weighted by Crippen LogP contribution is 2.19. The Bertz CT molecular complexity index is 888. The van der Waals surface area contributed by atoms with Crippen LogP contribution in [0.5, 0.6) is 5.75 Å². The summed E-state index contributed by atoms with van der Waals surface area (Å²) in [6.45, 7) is 0. The first-order valence-corrected chi connectivity index (χ1v) is 8.27. The molecule has 0 aromatic heterocycles. The Hall–Kier alpha value is -2.79. The topological polar surface area (TPSA) is 38.7 Å². The molecular formula is C20H13BrFNO2. The maximum Gasteiger partial charge on any atom is 0.343 e. The highest BCUT2D eigenvalue weighted by atomic mass is 79.9. The summed E-state index contributed by atoms with van der Waals surface area (Å²) in [7, 11) is 0. The summed E-state index contributed by atoms with van der Waals surface area (Å²) in [6.07, 6.45) is 1.63. The Morgan fingerprint density at radius 3 is 2.20 bits per heavy atom. The van der Waals surface area contributed by atoms with Gasteiger partial charge in [0.1, 0.15) is 11.6 Å². The molecule has 0 saturated carbocycles. The van der Waals surface area contributed by atoms with Crippen LogP contribution >= 0.6 is 15.9 Å². The second-order valence-electron chi connectivity index (χ2n) is 5.20. The first-order valence-electron chi connectivity index (χ1n) is 7.47. The minimum Gasteiger partial charge on any atom is -0.423 e. The van der Waals surface area contributed by atoms with Gasteiger partial charge in [-0.25, -0.2) is 9.18 Å². The molecule has 0 fully saturated rings. The van der Waals surface area contributed by atoms with Crippen LogP contribution in [-0.2, 0) is 0 Å². The number of aliphatic imine (C=N–C) groups is 1. The van der Waals surface area contributed by atoms with Crippen molar-refractivity contribution in [2.45, 2.75) is 0 Å². The predicted octanol–water partition coefficient (Wildman–Crippen LogP) is 5.56. The van der Waals surface area contributed by atoms with E-state index < -0.39 is 5.97 Å². The third kappa shape index (κ3) is 4.84. The molecule has 0 spiro atoms. The molecule has 3 aromatic rings. The van der Waals surface area contributed by atoms with Crippen molar-refractivity contribution in [1.29, 1.82) is 0 Å². The summed E-state index contributed by atoms with van der Waals surface area (Å²) in [4.78, 5) is 16.4. The summed E-state index contributed by atoms with van der Waals surface area (Å²) in [5, 5.41) is 0. The average Bonchev–Trinajstić information content (AvgIpc) is 2.63. The summed E-state index contributed by atoms with van der Waals surface area (Å²) in [5.41, 5.74) is 1.91. The Labute approximate surface area is 152 Å². The van der Waals surface area contributed by atoms with Gasteiger partial charge in [-0.05, 0) is 66.2 Å². The highest BCUT2D eigenvalue weighted by Gasteiger charge is 2.08. The molecule has 3 nitrogen and oxygen atoms in total. The number of rotatable bonds is 4. The number of esters is 1. The molecule has 0 aliphatic heterocycles. The molecule has 0 aliphatic rings. The Kier molecular flexibility index (Phi) is 5.36. The third-order valence-electron chi connectivity index (χ3n) is 3.36. The fraction of sp³-hybridized carbons (Fsp3) is 0. The minimum atomic E-state index is -0.434. The zero-order valence-electron chi connectivity index (χ0n) is 13.0. The molecule has 0 N–H and O–H groups in total. The molecule has 0 amide bonds.